The zero-order valence-electron chi connectivity index (χ0n) is 14.5. The molecular weight excluding hydrogens is 328 g/mol. The number of amides is 2. The Hall–Kier alpha value is -3.15. The number of hydrogen-bond donors (Lipinski definition) is 2. The molecule has 2 N–H and O–H groups in total. The Bertz CT molecular complexity index is 988. The summed E-state index contributed by atoms with van der Waals surface area (Å²) in [4.78, 5) is 29.7. The maximum absolute atomic E-state index is 12.8. The highest BCUT2D eigenvalue weighted by Crippen LogP contribution is 2.21. The molecule has 1 aliphatic carbocycles. The molecule has 0 unspecified atom stereocenters. The topological polar surface area (TPSA) is 75.5 Å². The third-order valence-electron chi connectivity index (χ3n) is 4.53. The van der Waals surface area contributed by atoms with E-state index in [9.17, 15) is 9.59 Å². The van der Waals surface area contributed by atoms with Gasteiger partial charge in [-0.25, -0.2) is 4.98 Å². The van der Waals surface area contributed by atoms with Gasteiger partial charge in [0.1, 0.15) is 0 Å². The average Bonchev–Trinajstić information content (AvgIpc) is 3.38. The van der Waals surface area contributed by atoms with E-state index in [0.717, 1.165) is 30.5 Å². The van der Waals surface area contributed by atoms with Gasteiger partial charge in [-0.3, -0.25) is 14.0 Å². The highest BCUT2D eigenvalue weighted by molar-refractivity contribution is 6.06. The molecule has 1 aromatic carbocycles. The van der Waals surface area contributed by atoms with Crippen LogP contribution in [0.25, 0.3) is 5.52 Å². The number of carbonyl (C=O) groups excluding carboxylic acids is 2. The molecule has 26 heavy (non-hydrogen) atoms. The molecular formula is C20H20N4O2. The number of imidazole rings is 1. The number of aromatic nitrogens is 2. The standard InChI is InChI=1S/C20H20N4O2/c1-2-13-7-3-4-8-15(13)22-20(26)18-23-17(19(25)21-14-10-11-14)16-9-5-6-12-24(16)18/h3-9,12,14H,2,10-11H2,1H3,(H,21,25)(H,22,26). The minimum Gasteiger partial charge on any atom is -0.348 e. The van der Waals surface area contributed by atoms with E-state index >= 15 is 0 Å². The summed E-state index contributed by atoms with van der Waals surface area (Å²) in [5.41, 5.74) is 2.72. The summed E-state index contributed by atoms with van der Waals surface area (Å²) in [5.74, 6) is -0.366. The molecule has 2 heterocycles. The molecule has 0 radical (unpaired) electrons. The summed E-state index contributed by atoms with van der Waals surface area (Å²) in [5, 5.41) is 5.86. The first-order valence-electron chi connectivity index (χ1n) is 8.84. The van der Waals surface area contributed by atoms with E-state index < -0.39 is 0 Å². The summed E-state index contributed by atoms with van der Waals surface area (Å²) in [6, 6.07) is 13.4. The number of aryl methyl sites for hydroxylation is 1. The number of rotatable bonds is 5. The van der Waals surface area contributed by atoms with Crippen LogP contribution in [0.1, 0.15) is 46.4 Å². The zero-order chi connectivity index (χ0) is 18.1. The number of fused-ring (bicyclic) bond motifs is 1. The third-order valence-corrected chi connectivity index (χ3v) is 4.53. The Morgan fingerprint density at radius 2 is 1.88 bits per heavy atom. The summed E-state index contributed by atoms with van der Waals surface area (Å²) in [7, 11) is 0. The lowest BCUT2D eigenvalue weighted by Gasteiger charge is -2.08. The van der Waals surface area contributed by atoms with Crippen molar-refractivity contribution in [1.29, 1.82) is 0 Å². The average molecular weight is 348 g/mol. The van der Waals surface area contributed by atoms with Crippen LogP contribution in [0.5, 0.6) is 0 Å². The van der Waals surface area contributed by atoms with Crippen LogP contribution in [0.3, 0.4) is 0 Å². The first-order valence-corrected chi connectivity index (χ1v) is 8.84. The van der Waals surface area contributed by atoms with Gasteiger partial charge >= 0.3 is 0 Å². The van der Waals surface area contributed by atoms with E-state index in [-0.39, 0.29) is 29.4 Å². The molecule has 1 fully saturated rings. The van der Waals surface area contributed by atoms with E-state index in [0.29, 0.717) is 5.52 Å². The highest BCUT2D eigenvalue weighted by atomic mass is 16.2. The maximum Gasteiger partial charge on any atom is 0.292 e. The van der Waals surface area contributed by atoms with Gasteiger partial charge in [-0.2, -0.15) is 0 Å². The number of benzene rings is 1. The smallest absolute Gasteiger partial charge is 0.292 e. The summed E-state index contributed by atoms with van der Waals surface area (Å²) in [6.07, 6.45) is 4.56. The van der Waals surface area contributed by atoms with Crippen molar-refractivity contribution in [2.45, 2.75) is 32.2 Å². The fourth-order valence-electron chi connectivity index (χ4n) is 2.98. The van der Waals surface area contributed by atoms with Crippen LogP contribution in [0.2, 0.25) is 0 Å². The van der Waals surface area contributed by atoms with E-state index in [2.05, 4.69) is 15.6 Å². The predicted octanol–water partition coefficient (Wildman–Crippen LogP) is 3.04. The Balaban J connectivity index is 1.69. The predicted molar refractivity (Wildman–Crippen MR) is 99.5 cm³/mol. The summed E-state index contributed by atoms with van der Waals surface area (Å²) >= 11 is 0. The molecule has 6 nitrogen and oxygen atoms in total. The van der Waals surface area contributed by atoms with Crippen molar-refractivity contribution < 1.29 is 9.59 Å². The molecule has 4 rings (SSSR count). The molecule has 3 aromatic rings. The van der Waals surface area contributed by atoms with E-state index in [1.807, 2.05) is 43.3 Å². The molecule has 0 atom stereocenters. The number of carbonyl (C=O) groups is 2. The third kappa shape index (κ3) is 3.06. The Labute approximate surface area is 151 Å². The SMILES string of the molecule is CCc1ccccc1NC(=O)c1nc(C(=O)NC2CC2)c2ccccn12. The van der Waals surface area contributed by atoms with Crippen LogP contribution < -0.4 is 10.6 Å². The van der Waals surface area contributed by atoms with Crippen molar-refractivity contribution in [1.82, 2.24) is 14.7 Å². The quantitative estimate of drug-likeness (QED) is 0.744. The Morgan fingerprint density at radius 1 is 1.12 bits per heavy atom. The van der Waals surface area contributed by atoms with Crippen LogP contribution in [-0.2, 0) is 6.42 Å². The van der Waals surface area contributed by atoms with Gasteiger partial charge in [-0.15, -0.1) is 0 Å². The van der Waals surface area contributed by atoms with Gasteiger partial charge in [0.05, 0.1) is 5.52 Å². The molecule has 2 amide bonds. The summed E-state index contributed by atoms with van der Waals surface area (Å²) in [6.45, 7) is 2.04. The first-order chi connectivity index (χ1) is 12.7. The van der Waals surface area contributed by atoms with E-state index in [1.54, 1.807) is 16.7 Å². The molecule has 1 saturated carbocycles. The zero-order valence-corrected chi connectivity index (χ0v) is 14.5. The van der Waals surface area contributed by atoms with Crippen LogP contribution in [0.15, 0.2) is 48.7 Å². The van der Waals surface area contributed by atoms with Crippen molar-refractivity contribution in [2.75, 3.05) is 5.32 Å². The Morgan fingerprint density at radius 3 is 2.65 bits per heavy atom. The molecule has 6 heteroatoms. The van der Waals surface area contributed by atoms with Crippen LogP contribution >= 0.6 is 0 Å². The molecule has 1 aliphatic rings. The van der Waals surface area contributed by atoms with E-state index in [4.69, 9.17) is 0 Å². The van der Waals surface area contributed by atoms with E-state index in [1.165, 1.54) is 0 Å². The minimum absolute atomic E-state index is 0.201. The molecule has 0 aliphatic heterocycles. The second kappa shape index (κ2) is 6.63. The second-order valence-electron chi connectivity index (χ2n) is 6.45. The fraction of sp³-hybridized carbons (Fsp3) is 0.250. The fourth-order valence-corrected chi connectivity index (χ4v) is 2.98. The van der Waals surface area contributed by atoms with Crippen LogP contribution in [0.4, 0.5) is 5.69 Å². The minimum atomic E-state index is -0.336. The lowest BCUT2D eigenvalue weighted by Crippen LogP contribution is -2.26. The Kier molecular flexibility index (Phi) is 4.16. The lowest BCUT2D eigenvalue weighted by molar-refractivity contribution is 0.0948. The number of nitrogens with one attached hydrogen (secondary N) is 2. The van der Waals surface area contributed by atoms with Crippen LogP contribution in [-0.4, -0.2) is 27.2 Å². The molecule has 0 spiro atoms. The maximum atomic E-state index is 12.8. The molecule has 132 valence electrons. The normalized spacial score (nSPS) is 13.6. The monoisotopic (exact) mass is 348 g/mol. The van der Waals surface area contributed by atoms with Gasteiger partial charge in [-0.05, 0) is 43.0 Å². The summed E-state index contributed by atoms with van der Waals surface area (Å²) < 4.78 is 1.66. The van der Waals surface area contributed by atoms with Crippen molar-refractivity contribution in [3.8, 4) is 0 Å². The largest absolute Gasteiger partial charge is 0.348 e. The van der Waals surface area contributed by atoms with Crippen molar-refractivity contribution in [2.24, 2.45) is 0 Å². The van der Waals surface area contributed by atoms with Gasteiger partial charge in [0.15, 0.2) is 5.69 Å². The first kappa shape index (κ1) is 16.3. The number of pyridine rings is 1. The number of hydrogen-bond acceptors (Lipinski definition) is 3. The highest BCUT2D eigenvalue weighted by Gasteiger charge is 2.27. The molecule has 2 aromatic heterocycles. The van der Waals surface area contributed by atoms with Crippen LogP contribution in [0, 0.1) is 0 Å². The molecule has 0 bridgehead atoms. The lowest BCUT2D eigenvalue weighted by atomic mass is 10.1. The number of nitrogens with zero attached hydrogens (tertiary/aromatic N) is 2. The van der Waals surface area contributed by atoms with Gasteiger partial charge in [0.2, 0.25) is 5.82 Å². The number of anilines is 1. The van der Waals surface area contributed by atoms with Gasteiger partial charge < -0.3 is 10.6 Å². The van der Waals surface area contributed by atoms with Gasteiger partial charge in [0, 0.05) is 17.9 Å². The second-order valence-corrected chi connectivity index (χ2v) is 6.45. The van der Waals surface area contributed by atoms with Gasteiger partial charge in [0.25, 0.3) is 11.8 Å². The van der Waals surface area contributed by atoms with Crippen molar-refractivity contribution in [3.05, 3.63) is 65.7 Å². The van der Waals surface area contributed by atoms with Crippen molar-refractivity contribution >= 4 is 23.0 Å². The van der Waals surface area contributed by atoms with Gasteiger partial charge in [-0.1, -0.05) is 31.2 Å². The van der Waals surface area contributed by atoms with Crippen molar-refractivity contribution in [3.63, 3.8) is 0 Å². The number of para-hydroxylation sites is 1. The molecule has 0 saturated heterocycles.